The first-order valence-corrected chi connectivity index (χ1v) is 9.82. The van der Waals surface area contributed by atoms with Crippen molar-refractivity contribution in [1.29, 1.82) is 0 Å². The van der Waals surface area contributed by atoms with Crippen molar-refractivity contribution in [3.05, 3.63) is 52.3 Å². The van der Waals surface area contributed by atoms with Gasteiger partial charge in [0.2, 0.25) is 5.88 Å². The highest BCUT2D eigenvalue weighted by molar-refractivity contribution is 5.63. The number of aryl methyl sites for hydroxylation is 3. The molecule has 1 aliphatic rings. The maximum Gasteiger partial charge on any atom is 0.290 e. The fraction of sp³-hybridized carbons (Fsp3) is 0.429. The number of ether oxygens (including phenoxy) is 2. The fourth-order valence-electron chi connectivity index (χ4n) is 3.64. The molecule has 0 amide bonds. The minimum atomic E-state index is -0.195. The molecular formula is C21H26N6O3. The van der Waals surface area contributed by atoms with Crippen molar-refractivity contribution in [2.75, 3.05) is 25.7 Å². The molecule has 0 spiro atoms. The summed E-state index contributed by atoms with van der Waals surface area (Å²) in [5.41, 5.74) is 3.04. The molecule has 9 nitrogen and oxygen atoms in total. The lowest BCUT2D eigenvalue weighted by Crippen LogP contribution is -2.27. The Morgan fingerprint density at radius 3 is 2.67 bits per heavy atom. The van der Waals surface area contributed by atoms with Crippen LogP contribution in [-0.2, 0) is 14.1 Å². The van der Waals surface area contributed by atoms with Gasteiger partial charge in [0, 0.05) is 50.9 Å². The molecule has 158 valence electrons. The van der Waals surface area contributed by atoms with Crippen molar-refractivity contribution >= 4 is 11.4 Å². The summed E-state index contributed by atoms with van der Waals surface area (Å²) in [5.74, 6) is 1.94. The van der Waals surface area contributed by atoms with Gasteiger partial charge in [-0.1, -0.05) is 0 Å². The summed E-state index contributed by atoms with van der Waals surface area (Å²) in [6.45, 7) is 2.44. The Morgan fingerprint density at radius 1 is 1.23 bits per heavy atom. The predicted octanol–water partition coefficient (Wildman–Crippen LogP) is 2.18. The highest BCUT2D eigenvalue weighted by Gasteiger charge is 2.40. The molecule has 3 heterocycles. The molecule has 0 N–H and O–H groups in total. The Labute approximate surface area is 174 Å². The molecule has 1 aliphatic carbocycles. The second kappa shape index (κ2) is 7.81. The second-order valence-electron chi connectivity index (χ2n) is 7.67. The summed E-state index contributed by atoms with van der Waals surface area (Å²) in [5, 5.41) is 8.61. The zero-order valence-electron chi connectivity index (χ0n) is 17.9. The van der Waals surface area contributed by atoms with E-state index in [1.807, 2.05) is 44.2 Å². The number of anilines is 2. The van der Waals surface area contributed by atoms with Crippen LogP contribution in [0.25, 0.3) is 0 Å². The Balaban J connectivity index is 1.46. The summed E-state index contributed by atoms with van der Waals surface area (Å²) < 4.78 is 14.1. The van der Waals surface area contributed by atoms with Crippen LogP contribution in [0.2, 0.25) is 0 Å². The maximum absolute atomic E-state index is 12.7. The van der Waals surface area contributed by atoms with E-state index in [9.17, 15) is 4.79 Å². The maximum atomic E-state index is 12.7. The van der Waals surface area contributed by atoms with Gasteiger partial charge in [-0.05, 0) is 25.5 Å². The number of rotatable bonds is 7. The molecule has 4 rings (SSSR count). The van der Waals surface area contributed by atoms with Gasteiger partial charge in [-0.15, -0.1) is 5.10 Å². The standard InChI is InChI=1S/C21H26N6O3/c1-13-19(11-25(2)23-13)26(3)18-9-20(24-27(4)21(18)28)30-12-14-8-16(14)17-7-6-15(29-5)10-22-17/h6-7,9-11,14,16H,8,12H2,1-5H3/t14-,16+/m1/s1. The fourth-order valence-corrected chi connectivity index (χ4v) is 3.64. The van der Waals surface area contributed by atoms with Gasteiger partial charge in [0.15, 0.2) is 0 Å². The van der Waals surface area contributed by atoms with Gasteiger partial charge in [0.25, 0.3) is 5.56 Å². The van der Waals surface area contributed by atoms with E-state index in [1.54, 1.807) is 31.1 Å². The van der Waals surface area contributed by atoms with Crippen LogP contribution in [0.5, 0.6) is 11.6 Å². The Kier molecular flexibility index (Phi) is 5.19. The number of pyridine rings is 1. The first-order chi connectivity index (χ1) is 14.4. The van der Waals surface area contributed by atoms with Crippen LogP contribution in [0.3, 0.4) is 0 Å². The molecule has 30 heavy (non-hydrogen) atoms. The van der Waals surface area contributed by atoms with Crippen molar-refractivity contribution in [3.63, 3.8) is 0 Å². The van der Waals surface area contributed by atoms with Crippen LogP contribution in [0, 0.1) is 12.8 Å². The molecule has 0 saturated heterocycles. The average Bonchev–Trinajstić information content (AvgIpc) is 3.44. The molecular weight excluding hydrogens is 384 g/mol. The third-order valence-corrected chi connectivity index (χ3v) is 5.47. The number of hydrogen-bond acceptors (Lipinski definition) is 7. The molecule has 0 aromatic carbocycles. The third kappa shape index (κ3) is 3.87. The lowest BCUT2D eigenvalue weighted by molar-refractivity contribution is 0.278. The minimum Gasteiger partial charge on any atom is -0.495 e. The summed E-state index contributed by atoms with van der Waals surface area (Å²) in [4.78, 5) is 18.9. The topological polar surface area (TPSA) is 87.3 Å². The van der Waals surface area contributed by atoms with Gasteiger partial charge in [-0.25, -0.2) is 4.68 Å². The van der Waals surface area contributed by atoms with Crippen molar-refractivity contribution in [2.24, 2.45) is 20.0 Å². The molecule has 1 fully saturated rings. The molecule has 0 bridgehead atoms. The zero-order chi connectivity index (χ0) is 21.4. The molecule has 9 heteroatoms. The molecule has 0 aliphatic heterocycles. The average molecular weight is 410 g/mol. The number of aromatic nitrogens is 5. The molecule has 0 radical (unpaired) electrons. The van der Waals surface area contributed by atoms with Crippen molar-refractivity contribution in [1.82, 2.24) is 24.5 Å². The summed E-state index contributed by atoms with van der Waals surface area (Å²) in [6, 6.07) is 5.62. The lowest BCUT2D eigenvalue weighted by atomic mass is 10.2. The lowest BCUT2D eigenvalue weighted by Gasteiger charge is -2.19. The van der Waals surface area contributed by atoms with Crippen LogP contribution in [0.15, 0.2) is 35.4 Å². The van der Waals surface area contributed by atoms with Crippen LogP contribution < -0.4 is 19.9 Å². The van der Waals surface area contributed by atoms with E-state index < -0.39 is 0 Å². The SMILES string of the molecule is COc1ccc([C@H]2C[C@@H]2COc2cc(N(C)c3cn(C)nc3C)c(=O)n(C)n2)nc1. The van der Waals surface area contributed by atoms with Crippen LogP contribution >= 0.6 is 0 Å². The van der Waals surface area contributed by atoms with E-state index in [0.717, 1.165) is 29.2 Å². The highest BCUT2D eigenvalue weighted by atomic mass is 16.5. The van der Waals surface area contributed by atoms with Crippen molar-refractivity contribution < 1.29 is 9.47 Å². The molecule has 2 atom stereocenters. The molecule has 3 aromatic rings. The van der Waals surface area contributed by atoms with Crippen LogP contribution in [0.4, 0.5) is 11.4 Å². The van der Waals surface area contributed by atoms with E-state index in [1.165, 1.54) is 4.68 Å². The normalized spacial score (nSPS) is 17.6. The first kappa shape index (κ1) is 19.9. The smallest absolute Gasteiger partial charge is 0.290 e. The summed E-state index contributed by atoms with van der Waals surface area (Å²) >= 11 is 0. The van der Waals surface area contributed by atoms with Gasteiger partial charge >= 0.3 is 0 Å². The summed E-state index contributed by atoms with van der Waals surface area (Å²) in [7, 11) is 6.96. The number of methoxy groups -OCH3 is 1. The molecule has 0 unspecified atom stereocenters. The van der Waals surface area contributed by atoms with Crippen LogP contribution in [0.1, 0.15) is 23.7 Å². The van der Waals surface area contributed by atoms with E-state index in [2.05, 4.69) is 15.2 Å². The molecule has 3 aromatic heterocycles. The highest BCUT2D eigenvalue weighted by Crippen LogP contribution is 2.46. The largest absolute Gasteiger partial charge is 0.495 e. The number of hydrogen-bond donors (Lipinski definition) is 0. The van der Waals surface area contributed by atoms with Crippen molar-refractivity contribution in [2.45, 2.75) is 19.3 Å². The van der Waals surface area contributed by atoms with Gasteiger partial charge in [-0.3, -0.25) is 14.5 Å². The van der Waals surface area contributed by atoms with Gasteiger partial charge in [0.1, 0.15) is 11.4 Å². The molecule has 1 saturated carbocycles. The van der Waals surface area contributed by atoms with E-state index in [0.29, 0.717) is 30.0 Å². The van der Waals surface area contributed by atoms with Gasteiger partial charge < -0.3 is 14.4 Å². The van der Waals surface area contributed by atoms with E-state index in [4.69, 9.17) is 9.47 Å². The van der Waals surface area contributed by atoms with Gasteiger partial charge in [0.05, 0.1) is 31.3 Å². The van der Waals surface area contributed by atoms with E-state index >= 15 is 0 Å². The first-order valence-electron chi connectivity index (χ1n) is 9.82. The van der Waals surface area contributed by atoms with Crippen molar-refractivity contribution in [3.8, 4) is 11.6 Å². The summed E-state index contributed by atoms with van der Waals surface area (Å²) in [6.07, 6.45) is 4.64. The minimum absolute atomic E-state index is 0.195. The quantitative estimate of drug-likeness (QED) is 0.590. The third-order valence-electron chi connectivity index (χ3n) is 5.47. The van der Waals surface area contributed by atoms with E-state index in [-0.39, 0.29) is 5.56 Å². The predicted molar refractivity (Wildman–Crippen MR) is 113 cm³/mol. The Bertz CT molecular complexity index is 1100. The monoisotopic (exact) mass is 410 g/mol. The Morgan fingerprint density at radius 2 is 2.03 bits per heavy atom. The van der Waals surface area contributed by atoms with Gasteiger partial charge in [-0.2, -0.15) is 5.10 Å². The van der Waals surface area contributed by atoms with Crippen LogP contribution in [-0.4, -0.2) is 45.3 Å². The second-order valence-corrected chi connectivity index (χ2v) is 7.67. The Hall–Kier alpha value is -3.36. The number of nitrogens with zero attached hydrogens (tertiary/aromatic N) is 6. The zero-order valence-corrected chi connectivity index (χ0v) is 17.9.